The number of carbonyl (C=O) groups excluding carboxylic acids is 1. The fourth-order valence-corrected chi connectivity index (χ4v) is 2.72. The molecule has 0 unspecified atom stereocenters. The number of halogens is 3. The molecule has 5 heteroatoms. The lowest BCUT2D eigenvalue weighted by atomic mass is 10.1. The minimum absolute atomic E-state index is 0.0266. The molecule has 0 fully saturated rings. The molecule has 0 spiro atoms. The van der Waals surface area contributed by atoms with E-state index in [9.17, 15) is 9.18 Å². The van der Waals surface area contributed by atoms with Gasteiger partial charge in [-0.05, 0) is 39.5 Å². The Labute approximate surface area is 109 Å². The van der Waals surface area contributed by atoms with Gasteiger partial charge in [-0.25, -0.2) is 4.39 Å². The van der Waals surface area contributed by atoms with Crippen molar-refractivity contribution in [2.45, 2.75) is 0 Å². The van der Waals surface area contributed by atoms with E-state index in [0.29, 0.717) is 9.90 Å². The molecule has 0 N–H and O–H groups in total. The molecule has 82 valence electrons. The molecule has 1 aromatic heterocycles. The first kappa shape index (κ1) is 11.8. The maximum atomic E-state index is 13.7. The second kappa shape index (κ2) is 4.65. The standard InChI is InChI=1S/C11H5BrClFOS/c12-7-3-1-2-6(9(7)14)10(15)11-8(13)4-5-16-11/h1-5H. The van der Waals surface area contributed by atoms with Gasteiger partial charge in [0.15, 0.2) is 0 Å². The monoisotopic (exact) mass is 318 g/mol. The van der Waals surface area contributed by atoms with Crippen LogP contribution in [0.1, 0.15) is 15.2 Å². The molecule has 0 atom stereocenters. The van der Waals surface area contributed by atoms with Crippen LogP contribution in [0.15, 0.2) is 34.1 Å². The fraction of sp³-hybridized carbons (Fsp3) is 0. The van der Waals surface area contributed by atoms with Crippen LogP contribution in [0.2, 0.25) is 5.02 Å². The second-order valence-electron chi connectivity index (χ2n) is 3.03. The quantitative estimate of drug-likeness (QED) is 0.743. The first-order chi connectivity index (χ1) is 7.61. The maximum absolute atomic E-state index is 13.7. The van der Waals surface area contributed by atoms with Crippen LogP contribution in [0.4, 0.5) is 4.39 Å². The van der Waals surface area contributed by atoms with Gasteiger partial charge in [0.05, 0.1) is 19.9 Å². The number of ketones is 1. The topological polar surface area (TPSA) is 17.1 Å². The Balaban J connectivity index is 2.50. The third-order valence-corrected chi connectivity index (χ3v) is 3.97. The molecule has 0 saturated carbocycles. The minimum Gasteiger partial charge on any atom is -0.288 e. The Hall–Kier alpha value is -0.710. The van der Waals surface area contributed by atoms with Gasteiger partial charge < -0.3 is 0 Å². The molecule has 0 saturated heterocycles. The van der Waals surface area contributed by atoms with Crippen molar-refractivity contribution >= 4 is 44.7 Å². The van der Waals surface area contributed by atoms with Gasteiger partial charge in [-0.2, -0.15) is 0 Å². The van der Waals surface area contributed by atoms with Crippen molar-refractivity contribution in [2.75, 3.05) is 0 Å². The SMILES string of the molecule is O=C(c1cccc(Br)c1F)c1sccc1Cl. The molecule has 0 radical (unpaired) electrons. The Morgan fingerprint density at radius 2 is 2.12 bits per heavy atom. The number of rotatable bonds is 2. The molecule has 0 aliphatic rings. The van der Waals surface area contributed by atoms with E-state index in [1.54, 1.807) is 23.6 Å². The van der Waals surface area contributed by atoms with Crippen molar-refractivity contribution in [3.8, 4) is 0 Å². The van der Waals surface area contributed by atoms with E-state index in [0.717, 1.165) is 0 Å². The summed E-state index contributed by atoms with van der Waals surface area (Å²) in [5.74, 6) is -0.948. The zero-order valence-electron chi connectivity index (χ0n) is 7.84. The predicted octanol–water partition coefficient (Wildman–Crippen LogP) is 4.53. The van der Waals surface area contributed by atoms with Gasteiger partial charge in [-0.3, -0.25) is 4.79 Å². The highest BCUT2D eigenvalue weighted by Crippen LogP contribution is 2.27. The molecule has 0 amide bonds. The largest absolute Gasteiger partial charge is 0.288 e. The summed E-state index contributed by atoms with van der Waals surface area (Å²) >= 11 is 10.1. The van der Waals surface area contributed by atoms with Gasteiger partial charge in [0, 0.05) is 0 Å². The summed E-state index contributed by atoms with van der Waals surface area (Å²) < 4.78 is 13.9. The highest BCUT2D eigenvalue weighted by molar-refractivity contribution is 9.10. The fourth-order valence-electron chi connectivity index (χ4n) is 1.26. The molecule has 0 aliphatic heterocycles. The van der Waals surface area contributed by atoms with Crippen molar-refractivity contribution in [1.29, 1.82) is 0 Å². The molecule has 0 aliphatic carbocycles. The van der Waals surface area contributed by atoms with Crippen molar-refractivity contribution in [3.63, 3.8) is 0 Å². The van der Waals surface area contributed by atoms with Crippen LogP contribution in [0.25, 0.3) is 0 Å². The van der Waals surface area contributed by atoms with E-state index in [-0.39, 0.29) is 15.8 Å². The summed E-state index contributed by atoms with van der Waals surface area (Å²) in [7, 11) is 0. The van der Waals surface area contributed by atoms with E-state index in [1.165, 1.54) is 17.4 Å². The van der Waals surface area contributed by atoms with Crippen LogP contribution in [0.5, 0.6) is 0 Å². The highest BCUT2D eigenvalue weighted by Gasteiger charge is 2.19. The molecule has 1 aromatic carbocycles. The summed E-state index contributed by atoms with van der Waals surface area (Å²) in [5, 5.41) is 2.06. The molecule has 2 rings (SSSR count). The third-order valence-electron chi connectivity index (χ3n) is 2.02. The van der Waals surface area contributed by atoms with Crippen LogP contribution in [-0.2, 0) is 0 Å². The summed E-state index contributed by atoms with van der Waals surface area (Å²) in [4.78, 5) is 12.3. The summed E-state index contributed by atoms with van der Waals surface area (Å²) in [6.07, 6.45) is 0. The highest BCUT2D eigenvalue weighted by atomic mass is 79.9. The molecule has 1 heterocycles. The predicted molar refractivity (Wildman–Crippen MR) is 66.9 cm³/mol. The van der Waals surface area contributed by atoms with E-state index in [1.807, 2.05) is 0 Å². The Morgan fingerprint density at radius 1 is 1.38 bits per heavy atom. The van der Waals surface area contributed by atoms with E-state index in [4.69, 9.17) is 11.6 Å². The van der Waals surface area contributed by atoms with E-state index >= 15 is 0 Å². The molecule has 2 aromatic rings. The summed E-state index contributed by atoms with van der Waals surface area (Å²) in [6, 6.07) is 6.22. The summed E-state index contributed by atoms with van der Waals surface area (Å²) in [5.41, 5.74) is 0.0266. The number of hydrogen-bond acceptors (Lipinski definition) is 2. The number of benzene rings is 1. The zero-order chi connectivity index (χ0) is 11.7. The first-order valence-corrected chi connectivity index (χ1v) is 6.38. The van der Waals surface area contributed by atoms with Crippen LogP contribution >= 0.6 is 38.9 Å². The van der Waals surface area contributed by atoms with E-state index < -0.39 is 5.82 Å². The maximum Gasteiger partial charge on any atom is 0.207 e. The first-order valence-electron chi connectivity index (χ1n) is 4.33. The lowest BCUT2D eigenvalue weighted by Crippen LogP contribution is -2.03. The molecular formula is C11H5BrClFOS. The van der Waals surface area contributed by atoms with Gasteiger partial charge in [-0.1, -0.05) is 17.7 Å². The molecule has 16 heavy (non-hydrogen) atoms. The molecule has 1 nitrogen and oxygen atoms in total. The average Bonchev–Trinajstić information content (AvgIpc) is 2.68. The van der Waals surface area contributed by atoms with Crippen molar-refractivity contribution in [1.82, 2.24) is 0 Å². The van der Waals surface area contributed by atoms with Crippen LogP contribution in [0, 0.1) is 5.82 Å². The molecular weight excluding hydrogens is 315 g/mol. The Bertz CT molecular complexity index is 553. The normalized spacial score (nSPS) is 10.4. The summed E-state index contributed by atoms with van der Waals surface area (Å²) in [6.45, 7) is 0. The number of thiophene rings is 1. The van der Waals surface area contributed by atoms with Crippen molar-refractivity contribution < 1.29 is 9.18 Å². The lowest BCUT2D eigenvalue weighted by molar-refractivity contribution is 0.103. The van der Waals surface area contributed by atoms with E-state index in [2.05, 4.69) is 15.9 Å². The lowest BCUT2D eigenvalue weighted by Gasteiger charge is -2.02. The van der Waals surface area contributed by atoms with Gasteiger partial charge in [0.2, 0.25) is 5.78 Å². The van der Waals surface area contributed by atoms with Crippen molar-refractivity contribution in [2.24, 2.45) is 0 Å². The average molecular weight is 320 g/mol. The molecule has 0 bridgehead atoms. The van der Waals surface area contributed by atoms with Crippen LogP contribution in [0.3, 0.4) is 0 Å². The van der Waals surface area contributed by atoms with Gasteiger partial charge in [-0.15, -0.1) is 11.3 Å². The zero-order valence-corrected chi connectivity index (χ0v) is 11.0. The van der Waals surface area contributed by atoms with Gasteiger partial charge >= 0.3 is 0 Å². The minimum atomic E-state index is -0.558. The Morgan fingerprint density at radius 3 is 2.75 bits per heavy atom. The second-order valence-corrected chi connectivity index (χ2v) is 5.21. The number of hydrogen-bond donors (Lipinski definition) is 0. The van der Waals surface area contributed by atoms with Gasteiger partial charge in [0.25, 0.3) is 0 Å². The number of carbonyl (C=O) groups is 1. The van der Waals surface area contributed by atoms with Crippen LogP contribution in [-0.4, -0.2) is 5.78 Å². The van der Waals surface area contributed by atoms with Gasteiger partial charge in [0.1, 0.15) is 5.82 Å². The van der Waals surface area contributed by atoms with Crippen LogP contribution < -0.4 is 0 Å². The third kappa shape index (κ3) is 2.05. The smallest absolute Gasteiger partial charge is 0.207 e. The van der Waals surface area contributed by atoms with Crippen molar-refractivity contribution in [3.05, 3.63) is 55.4 Å². The Kier molecular flexibility index (Phi) is 3.42.